The lowest BCUT2D eigenvalue weighted by atomic mass is 10.0. The first-order valence-corrected chi connectivity index (χ1v) is 10.5. The number of aryl methyl sites for hydroxylation is 1. The lowest BCUT2D eigenvalue weighted by molar-refractivity contribution is -0.118. The van der Waals surface area contributed by atoms with Crippen molar-refractivity contribution in [1.29, 1.82) is 0 Å². The zero-order chi connectivity index (χ0) is 22.4. The summed E-state index contributed by atoms with van der Waals surface area (Å²) in [6, 6.07) is 11.0. The molecule has 1 fully saturated rings. The van der Waals surface area contributed by atoms with E-state index >= 15 is 0 Å². The Labute approximate surface area is 183 Å². The molecule has 1 aliphatic heterocycles. The van der Waals surface area contributed by atoms with E-state index in [0.29, 0.717) is 49.1 Å². The minimum Gasteiger partial charge on any atom is -0.495 e. The van der Waals surface area contributed by atoms with Gasteiger partial charge in [-0.2, -0.15) is 0 Å². The summed E-state index contributed by atoms with van der Waals surface area (Å²) in [6.45, 7) is 8.16. The second kappa shape index (κ2) is 10.3. The van der Waals surface area contributed by atoms with Crippen molar-refractivity contribution in [3.05, 3.63) is 53.1 Å². The van der Waals surface area contributed by atoms with Gasteiger partial charge in [-0.15, -0.1) is 0 Å². The highest BCUT2D eigenvalue weighted by Crippen LogP contribution is 2.28. The molecule has 1 heterocycles. The van der Waals surface area contributed by atoms with Crippen LogP contribution in [0.5, 0.6) is 11.5 Å². The van der Waals surface area contributed by atoms with Crippen LogP contribution in [0.3, 0.4) is 0 Å². The van der Waals surface area contributed by atoms with E-state index in [4.69, 9.17) is 14.2 Å². The topological polar surface area (TPSA) is 77.1 Å². The molecule has 2 amide bonds. The molecular weight excluding hydrogens is 396 g/mol. The van der Waals surface area contributed by atoms with E-state index in [1.54, 1.807) is 23.1 Å². The summed E-state index contributed by atoms with van der Waals surface area (Å²) >= 11 is 0. The number of nitrogens with zero attached hydrogens (tertiary/aromatic N) is 1. The van der Waals surface area contributed by atoms with Crippen molar-refractivity contribution in [3.63, 3.8) is 0 Å². The third-order valence-corrected chi connectivity index (χ3v) is 5.17. The van der Waals surface area contributed by atoms with E-state index in [0.717, 1.165) is 11.1 Å². The number of anilines is 1. The van der Waals surface area contributed by atoms with Crippen LogP contribution in [0.15, 0.2) is 36.4 Å². The first-order chi connectivity index (χ1) is 14.9. The second-order valence-corrected chi connectivity index (χ2v) is 7.85. The van der Waals surface area contributed by atoms with E-state index in [-0.39, 0.29) is 24.3 Å². The molecule has 3 rings (SSSR count). The summed E-state index contributed by atoms with van der Waals surface area (Å²) in [7, 11) is 1.52. The van der Waals surface area contributed by atoms with Gasteiger partial charge in [0.1, 0.15) is 11.5 Å². The Kier molecular flexibility index (Phi) is 7.52. The number of rotatable bonds is 7. The third-order valence-electron chi connectivity index (χ3n) is 5.17. The number of morpholine rings is 1. The number of ether oxygens (including phenoxy) is 3. The Morgan fingerprint density at radius 1 is 1.10 bits per heavy atom. The molecule has 0 aromatic heterocycles. The van der Waals surface area contributed by atoms with Crippen molar-refractivity contribution in [2.75, 3.05) is 45.3 Å². The number of benzene rings is 2. The van der Waals surface area contributed by atoms with Gasteiger partial charge < -0.3 is 24.4 Å². The summed E-state index contributed by atoms with van der Waals surface area (Å²) in [5.74, 6) is 1.03. The average molecular weight is 427 g/mol. The molecule has 7 nitrogen and oxygen atoms in total. The van der Waals surface area contributed by atoms with Crippen molar-refractivity contribution < 1.29 is 23.8 Å². The molecule has 1 N–H and O–H groups in total. The summed E-state index contributed by atoms with van der Waals surface area (Å²) in [5.41, 5.74) is 3.04. The van der Waals surface area contributed by atoms with Gasteiger partial charge in [0.15, 0.2) is 6.61 Å². The lowest BCUT2D eigenvalue weighted by Gasteiger charge is -2.27. The van der Waals surface area contributed by atoms with Gasteiger partial charge in [0, 0.05) is 18.7 Å². The van der Waals surface area contributed by atoms with Gasteiger partial charge in [-0.25, -0.2) is 0 Å². The summed E-state index contributed by atoms with van der Waals surface area (Å²) < 4.78 is 16.5. The maximum absolute atomic E-state index is 12.8. The quantitative estimate of drug-likeness (QED) is 0.732. The minimum absolute atomic E-state index is 0.0981. The van der Waals surface area contributed by atoms with E-state index in [2.05, 4.69) is 19.2 Å². The maximum Gasteiger partial charge on any atom is 0.262 e. The Bertz CT molecular complexity index is 936. The van der Waals surface area contributed by atoms with Crippen molar-refractivity contribution in [2.45, 2.75) is 26.7 Å². The minimum atomic E-state index is -0.328. The van der Waals surface area contributed by atoms with Crippen LogP contribution in [-0.2, 0) is 9.53 Å². The highest BCUT2D eigenvalue weighted by atomic mass is 16.5. The molecule has 0 saturated carbocycles. The SMILES string of the molecule is COc1ccc(C(=O)N2CCOCC2)cc1NC(=O)COc1cc(C)ccc1C(C)C. The van der Waals surface area contributed by atoms with Crippen LogP contribution in [0.4, 0.5) is 5.69 Å². The molecule has 1 saturated heterocycles. The van der Waals surface area contributed by atoms with Gasteiger partial charge in [0.05, 0.1) is 26.0 Å². The molecule has 0 atom stereocenters. The van der Waals surface area contributed by atoms with Gasteiger partial charge in [-0.1, -0.05) is 26.0 Å². The smallest absolute Gasteiger partial charge is 0.262 e. The molecule has 7 heteroatoms. The van der Waals surface area contributed by atoms with Crippen molar-refractivity contribution >= 4 is 17.5 Å². The molecule has 0 spiro atoms. The monoisotopic (exact) mass is 426 g/mol. The summed E-state index contributed by atoms with van der Waals surface area (Å²) in [6.07, 6.45) is 0. The fourth-order valence-corrected chi connectivity index (χ4v) is 3.46. The number of hydrogen-bond acceptors (Lipinski definition) is 5. The zero-order valence-electron chi connectivity index (χ0n) is 18.6. The van der Waals surface area contributed by atoms with E-state index in [1.807, 2.05) is 25.1 Å². The standard InChI is InChI=1S/C24H30N2O5/c1-16(2)19-7-5-17(3)13-22(19)31-15-23(27)25-20-14-18(6-8-21(20)29-4)24(28)26-9-11-30-12-10-26/h5-8,13-14,16H,9-12,15H2,1-4H3,(H,25,27). The number of nitrogens with one attached hydrogen (secondary N) is 1. The molecule has 0 unspecified atom stereocenters. The molecule has 2 aromatic carbocycles. The average Bonchev–Trinajstić information content (AvgIpc) is 2.77. The van der Waals surface area contributed by atoms with Crippen molar-refractivity contribution in [3.8, 4) is 11.5 Å². The largest absolute Gasteiger partial charge is 0.495 e. The Morgan fingerprint density at radius 3 is 2.52 bits per heavy atom. The Hall–Kier alpha value is -3.06. The molecule has 0 radical (unpaired) electrons. The summed E-state index contributed by atoms with van der Waals surface area (Å²) in [4.78, 5) is 27.1. The number of hydrogen-bond donors (Lipinski definition) is 1. The van der Waals surface area contributed by atoms with Gasteiger partial charge in [-0.05, 0) is 48.2 Å². The molecule has 0 aliphatic carbocycles. The van der Waals surface area contributed by atoms with E-state index in [9.17, 15) is 9.59 Å². The van der Waals surface area contributed by atoms with Crippen LogP contribution in [0.25, 0.3) is 0 Å². The predicted molar refractivity (Wildman–Crippen MR) is 119 cm³/mol. The van der Waals surface area contributed by atoms with Crippen LogP contribution < -0.4 is 14.8 Å². The number of amides is 2. The number of methoxy groups -OCH3 is 1. The van der Waals surface area contributed by atoms with Crippen LogP contribution in [0.1, 0.15) is 41.3 Å². The molecule has 166 valence electrons. The molecular formula is C24H30N2O5. The Balaban J connectivity index is 1.70. The van der Waals surface area contributed by atoms with E-state index in [1.165, 1.54) is 7.11 Å². The highest BCUT2D eigenvalue weighted by Gasteiger charge is 2.20. The normalized spacial score (nSPS) is 13.8. The van der Waals surface area contributed by atoms with E-state index < -0.39 is 0 Å². The van der Waals surface area contributed by atoms with Gasteiger partial charge in [-0.3, -0.25) is 9.59 Å². The second-order valence-electron chi connectivity index (χ2n) is 7.85. The van der Waals surface area contributed by atoms with Crippen LogP contribution in [-0.4, -0.2) is 56.7 Å². The van der Waals surface area contributed by atoms with Gasteiger partial charge >= 0.3 is 0 Å². The third kappa shape index (κ3) is 5.76. The fourth-order valence-electron chi connectivity index (χ4n) is 3.46. The van der Waals surface area contributed by atoms with Crippen LogP contribution >= 0.6 is 0 Å². The number of carbonyl (C=O) groups is 2. The molecule has 0 bridgehead atoms. The van der Waals surface area contributed by atoms with Gasteiger partial charge in [0.25, 0.3) is 11.8 Å². The number of carbonyl (C=O) groups excluding carboxylic acids is 2. The lowest BCUT2D eigenvalue weighted by Crippen LogP contribution is -2.40. The molecule has 1 aliphatic rings. The van der Waals surface area contributed by atoms with Crippen molar-refractivity contribution in [1.82, 2.24) is 4.90 Å². The van der Waals surface area contributed by atoms with Crippen LogP contribution in [0, 0.1) is 6.92 Å². The highest BCUT2D eigenvalue weighted by molar-refractivity contribution is 5.98. The maximum atomic E-state index is 12.8. The first-order valence-electron chi connectivity index (χ1n) is 10.5. The first kappa shape index (κ1) is 22.6. The fraction of sp³-hybridized carbons (Fsp3) is 0.417. The van der Waals surface area contributed by atoms with Gasteiger partial charge in [0.2, 0.25) is 0 Å². The van der Waals surface area contributed by atoms with Crippen LogP contribution in [0.2, 0.25) is 0 Å². The molecule has 31 heavy (non-hydrogen) atoms. The predicted octanol–water partition coefficient (Wildman–Crippen LogP) is 3.62. The summed E-state index contributed by atoms with van der Waals surface area (Å²) in [5, 5.41) is 2.81. The van der Waals surface area contributed by atoms with Crippen molar-refractivity contribution in [2.24, 2.45) is 0 Å². The zero-order valence-corrected chi connectivity index (χ0v) is 18.6. The molecule has 2 aromatic rings. The Morgan fingerprint density at radius 2 is 1.84 bits per heavy atom.